The van der Waals surface area contributed by atoms with E-state index in [4.69, 9.17) is 4.74 Å². The first kappa shape index (κ1) is 17.5. The number of hydrogen-bond donors (Lipinski definition) is 1. The zero-order valence-electron chi connectivity index (χ0n) is 13.7. The zero-order chi connectivity index (χ0) is 16.9. The summed E-state index contributed by atoms with van der Waals surface area (Å²) in [5.41, 5.74) is 1.08. The molecule has 0 unspecified atom stereocenters. The predicted molar refractivity (Wildman–Crippen MR) is 92.3 cm³/mol. The summed E-state index contributed by atoms with van der Waals surface area (Å²) in [4.78, 5) is 0.259. The third-order valence-electron chi connectivity index (χ3n) is 3.40. The zero-order valence-corrected chi connectivity index (χ0v) is 14.6. The molecule has 0 aliphatic rings. The van der Waals surface area contributed by atoms with E-state index in [0.717, 1.165) is 11.3 Å². The van der Waals surface area contributed by atoms with Crippen molar-refractivity contribution in [3.63, 3.8) is 0 Å². The standard InChI is InChI=1S/C18H23NO3S/c1-18(2,3)16-11-7-8-12-17(16)22-14-13-19-23(20,21)15-9-5-4-6-10-15/h4-12,19H,13-14H2,1-3H3. The van der Waals surface area contributed by atoms with Gasteiger partial charge in [-0.25, -0.2) is 13.1 Å². The summed E-state index contributed by atoms with van der Waals surface area (Å²) in [5, 5.41) is 0. The van der Waals surface area contributed by atoms with Crippen molar-refractivity contribution in [2.75, 3.05) is 13.2 Å². The maximum Gasteiger partial charge on any atom is 0.240 e. The van der Waals surface area contributed by atoms with E-state index in [1.165, 1.54) is 0 Å². The number of para-hydroxylation sites is 1. The second-order valence-corrected chi connectivity index (χ2v) is 8.07. The van der Waals surface area contributed by atoms with Crippen molar-refractivity contribution in [3.05, 3.63) is 60.2 Å². The monoisotopic (exact) mass is 333 g/mol. The lowest BCUT2D eigenvalue weighted by atomic mass is 9.86. The highest BCUT2D eigenvalue weighted by Gasteiger charge is 2.18. The second kappa shape index (κ2) is 7.15. The summed E-state index contributed by atoms with van der Waals surface area (Å²) < 4.78 is 32.5. The van der Waals surface area contributed by atoms with E-state index in [2.05, 4.69) is 25.5 Å². The molecule has 0 aliphatic heterocycles. The fraction of sp³-hybridized carbons (Fsp3) is 0.333. The molecule has 0 radical (unpaired) electrons. The van der Waals surface area contributed by atoms with Crippen LogP contribution < -0.4 is 9.46 Å². The van der Waals surface area contributed by atoms with Crippen molar-refractivity contribution in [1.82, 2.24) is 4.72 Å². The second-order valence-electron chi connectivity index (χ2n) is 6.31. The van der Waals surface area contributed by atoms with E-state index in [-0.39, 0.29) is 23.5 Å². The molecule has 0 bridgehead atoms. The van der Waals surface area contributed by atoms with Gasteiger partial charge in [0.15, 0.2) is 0 Å². The Morgan fingerprint density at radius 2 is 1.57 bits per heavy atom. The van der Waals surface area contributed by atoms with Crippen molar-refractivity contribution < 1.29 is 13.2 Å². The van der Waals surface area contributed by atoms with Crippen LogP contribution in [0.25, 0.3) is 0 Å². The van der Waals surface area contributed by atoms with Crippen LogP contribution in [0.15, 0.2) is 59.5 Å². The highest BCUT2D eigenvalue weighted by Crippen LogP contribution is 2.30. The molecule has 23 heavy (non-hydrogen) atoms. The molecule has 4 nitrogen and oxygen atoms in total. The number of nitrogens with one attached hydrogen (secondary N) is 1. The van der Waals surface area contributed by atoms with E-state index in [1.54, 1.807) is 30.3 Å². The Bertz CT molecular complexity index is 734. The lowest BCUT2D eigenvalue weighted by Crippen LogP contribution is -2.28. The number of ether oxygens (including phenoxy) is 1. The summed E-state index contributed by atoms with van der Waals surface area (Å²) in [6.07, 6.45) is 0. The average Bonchev–Trinajstić information content (AvgIpc) is 2.52. The largest absolute Gasteiger partial charge is 0.492 e. The maximum absolute atomic E-state index is 12.1. The smallest absolute Gasteiger partial charge is 0.240 e. The molecule has 0 atom stereocenters. The van der Waals surface area contributed by atoms with E-state index >= 15 is 0 Å². The quantitative estimate of drug-likeness (QED) is 0.825. The SMILES string of the molecule is CC(C)(C)c1ccccc1OCCNS(=O)(=O)c1ccccc1. The van der Waals surface area contributed by atoms with Gasteiger partial charge in [0, 0.05) is 6.54 Å². The molecule has 0 saturated carbocycles. The molecule has 5 heteroatoms. The molecule has 2 aromatic carbocycles. The molecule has 0 fully saturated rings. The Hall–Kier alpha value is -1.85. The molecule has 0 amide bonds. The summed E-state index contributed by atoms with van der Waals surface area (Å²) in [6, 6.07) is 16.1. The van der Waals surface area contributed by atoms with Gasteiger partial charge in [0.1, 0.15) is 12.4 Å². The van der Waals surface area contributed by atoms with E-state index < -0.39 is 10.0 Å². The van der Waals surface area contributed by atoms with Gasteiger partial charge in [-0.3, -0.25) is 0 Å². The molecular weight excluding hydrogens is 310 g/mol. The van der Waals surface area contributed by atoms with Crippen LogP contribution in [0, 0.1) is 0 Å². The Morgan fingerprint density at radius 3 is 2.22 bits per heavy atom. The highest BCUT2D eigenvalue weighted by molar-refractivity contribution is 7.89. The molecule has 0 aromatic heterocycles. The number of sulfonamides is 1. The van der Waals surface area contributed by atoms with Crippen LogP contribution in [-0.4, -0.2) is 21.6 Å². The lowest BCUT2D eigenvalue weighted by Gasteiger charge is -2.22. The van der Waals surface area contributed by atoms with Crippen molar-refractivity contribution in [2.45, 2.75) is 31.1 Å². The van der Waals surface area contributed by atoms with Crippen LogP contribution in [0.4, 0.5) is 0 Å². The Balaban J connectivity index is 1.94. The van der Waals surface area contributed by atoms with E-state index in [0.29, 0.717) is 0 Å². The van der Waals surface area contributed by atoms with Crippen molar-refractivity contribution >= 4 is 10.0 Å². The third-order valence-corrected chi connectivity index (χ3v) is 4.88. The van der Waals surface area contributed by atoms with E-state index in [1.807, 2.05) is 24.3 Å². The Labute approximate surface area is 138 Å². The van der Waals surface area contributed by atoms with Gasteiger partial charge in [-0.1, -0.05) is 57.2 Å². The normalized spacial score (nSPS) is 12.1. The summed E-state index contributed by atoms with van der Waals surface area (Å²) >= 11 is 0. The van der Waals surface area contributed by atoms with Crippen molar-refractivity contribution in [3.8, 4) is 5.75 Å². The Morgan fingerprint density at radius 1 is 0.957 bits per heavy atom. The van der Waals surface area contributed by atoms with Crippen LogP contribution in [-0.2, 0) is 15.4 Å². The van der Waals surface area contributed by atoms with E-state index in [9.17, 15) is 8.42 Å². The molecule has 0 saturated heterocycles. The van der Waals surface area contributed by atoms with Crippen molar-refractivity contribution in [2.24, 2.45) is 0 Å². The summed E-state index contributed by atoms with van der Waals surface area (Å²) in [7, 11) is -3.48. The molecule has 0 spiro atoms. The first-order chi connectivity index (χ1) is 10.8. The van der Waals surface area contributed by atoms with Crippen LogP contribution in [0.5, 0.6) is 5.75 Å². The fourth-order valence-corrected chi connectivity index (χ4v) is 3.27. The number of benzene rings is 2. The molecule has 2 rings (SSSR count). The van der Waals surface area contributed by atoms with Gasteiger partial charge >= 0.3 is 0 Å². The average molecular weight is 333 g/mol. The molecule has 124 valence electrons. The minimum Gasteiger partial charge on any atom is -0.492 e. The van der Waals surface area contributed by atoms with Gasteiger partial charge in [0.05, 0.1) is 4.90 Å². The molecule has 2 aromatic rings. The third kappa shape index (κ3) is 4.81. The predicted octanol–water partition coefficient (Wildman–Crippen LogP) is 3.34. The van der Waals surface area contributed by atoms with Crippen LogP contribution in [0.2, 0.25) is 0 Å². The molecule has 0 aliphatic carbocycles. The minimum absolute atomic E-state index is 0.0276. The lowest BCUT2D eigenvalue weighted by molar-refractivity contribution is 0.314. The fourth-order valence-electron chi connectivity index (χ4n) is 2.23. The number of rotatable bonds is 6. The van der Waals surface area contributed by atoms with Crippen LogP contribution in [0.3, 0.4) is 0 Å². The maximum atomic E-state index is 12.1. The van der Waals surface area contributed by atoms with Gasteiger partial charge in [0.25, 0.3) is 0 Å². The molecule has 0 heterocycles. The van der Waals surface area contributed by atoms with Gasteiger partial charge in [-0.15, -0.1) is 0 Å². The van der Waals surface area contributed by atoms with Crippen LogP contribution >= 0.6 is 0 Å². The summed E-state index contributed by atoms with van der Waals surface area (Å²) in [5.74, 6) is 0.791. The summed E-state index contributed by atoms with van der Waals surface area (Å²) in [6.45, 7) is 6.85. The molecular formula is C18H23NO3S. The molecule has 1 N–H and O–H groups in total. The topological polar surface area (TPSA) is 55.4 Å². The van der Waals surface area contributed by atoms with Crippen LogP contribution in [0.1, 0.15) is 26.3 Å². The van der Waals surface area contributed by atoms with Gasteiger partial charge < -0.3 is 4.74 Å². The van der Waals surface area contributed by atoms with Gasteiger partial charge in [0.2, 0.25) is 10.0 Å². The van der Waals surface area contributed by atoms with Crippen molar-refractivity contribution in [1.29, 1.82) is 0 Å². The first-order valence-electron chi connectivity index (χ1n) is 7.58. The highest BCUT2D eigenvalue weighted by atomic mass is 32.2. The minimum atomic E-state index is -3.48. The number of hydrogen-bond acceptors (Lipinski definition) is 3. The van der Waals surface area contributed by atoms with Gasteiger partial charge in [-0.05, 0) is 29.2 Å². The Kier molecular flexibility index (Phi) is 5.44. The van der Waals surface area contributed by atoms with Gasteiger partial charge in [-0.2, -0.15) is 0 Å². The first-order valence-corrected chi connectivity index (χ1v) is 9.06.